The molecule has 1 saturated heterocycles. The van der Waals surface area contributed by atoms with E-state index in [9.17, 15) is 9.59 Å². The van der Waals surface area contributed by atoms with Crippen LogP contribution in [-0.2, 0) is 9.59 Å². The van der Waals surface area contributed by atoms with E-state index in [0.717, 1.165) is 25.3 Å². The summed E-state index contributed by atoms with van der Waals surface area (Å²) < 4.78 is 0. The molecule has 2 atom stereocenters. The molecule has 23 heavy (non-hydrogen) atoms. The van der Waals surface area contributed by atoms with Crippen molar-refractivity contribution in [2.24, 2.45) is 0 Å². The highest BCUT2D eigenvalue weighted by molar-refractivity contribution is 5.74. The Hall–Kier alpha value is -2.51. The Morgan fingerprint density at radius 2 is 2.09 bits per heavy atom. The van der Waals surface area contributed by atoms with E-state index in [2.05, 4.69) is 25.8 Å². The maximum atomic E-state index is 11.1. The predicted molar refractivity (Wildman–Crippen MR) is 90.0 cm³/mol. The first-order valence-corrected chi connectivity index (χ1v) is 7.67. The fourth-order valence-corrected chi connectivity index (χ4v) is 2.67. The summed E-state index contributed by atoms with van der Waals surface area (Å²) in [6, 6.07) is 3.79. The maximum absolute atomic E-state index is 11.1. The Morgan fingerprint density at radius 3 is 2.74 bits per heavy atom. The van der Waals surface area contributed by atoms with Gasteiger partial charge in [-0.3, -0.25) is 9.59 Å². The van der Waals surface area contributed by atoms with Crippen molar-refractivity contribution in [3.8, 4) is 0 Å². The zero-order chi connectivity index (χ0) is 17.0. The molecule has 0 saturated carbocycles. The van der Waals surface area contributed by atoms with Gasteiger partial charge in [0.15, 0.2) is 5.82 Å². The average molecular weight is 320 g/mol. The number of rotatable bonds is 5. The molecule has 1 aromatic rings. The molecule has 0 radical (unpaired) electrons. The van der Waals surface area contributed by atoms with Crippen LogP contribution in [0.4, 0.5) is 17.3 Å². The molecule has 2 rings (SSSR count). The van der Waals surface area contributed by atoms with Crippen molar-refractivity contribution < 1.29 is 9.59 Å². The van der Waals surface area contributed by atoms with Crippen molar-refractivity contribution in [1.29, 1.82) is 0 Å². The fraction of sp³-hybridized carbons (Fsp3) is 0.533. The van der Waals surface area contributed by atoms with E-state index in [1.165, 1.54) is 13.8 Å². The molecule has 8 nitrogen and oxygen atoms in total. The minimum Gasteiger partial charge on any atom is -0.396 e. The van der Waals surface area contributed by atoms with E-state index < -0.39 is 0 Å². The topological polar surface area (TPSA) is 112 Å². The number of carbonyl (C=O) groups excluding carboxylic acids is 2. The van der Waals surface area contributed by atoms with E-state index >= 15 is 0 Å². The number of nitrogens with zero attached hydrogens (tertiary/aromatic N) is 2. The second kappa shape index (κ2) is 7.17. The van der Waals surface area contributed by atoms with Gasteiger partial charge in [-0.05, 0) is 25.5 Å². The van der Waals surface area contributed by atoms with Gasteiger partial charge in [0.05, 0.1) is 11.9 Å². The molecule has 1 aromatic heterocycles. The summed E-state index contributed by atoms with van der Waals surface area (Å²) in [5, 5.41) is 8.74. The molecule has 0 bridgehead atoms. The molecule has 1 aliphatic heterocycles. The summed E-state index contributed by atoms with van der Waals surface area (Å²) in [5.74, 6) is 1.18. The monoisotopic (exact) mass is 320 g/mol. The van der Waals surface area contributed by atoms with Crippen LogP contribution in [0.3, 0.4) is 0 Å². The number of hydrogen-bond acceptors (Lipinski definition) is 6. The van der Waals surface area contributed by atoms with Crippen molar-refractivity contribution in [3.63, 3.8) is 0 Å². The van der Waals surface area contributed by atoms with Crippen LogP contribution < -0.4 is 26.6 Å². The Morgan fingerprint density at radius 1 is 1.35 bits per heavy atom. The third-order valence-electron chi connectivity index (χ3n) is 3.60. The lowest BCUT2D eigenvalue weighted by molar-refractivity contribution is -0.120. The SMILES string of the molecule is CC(=O)NC1CCN(c2ccc(N)c(NC(C)NC(C)=O)n2)C1. The minimum absolute atomic E-state index is 0.0198. The summed E-state index contributed by atoms with van der Waals surface area (Å²) in [4.78, 5) is 28.9. The molecule has 1 fully saturated rings. The standard InChI is InChI=1S/C15H24N6O2/c1-9(17-10(2)22)18-15-13(16)4-5-14(20-15)21-7-6-12(8-21)19-11(3)23/h4-5,9,12H,6-8,16H2,1-3H3,(H,17,22)(H,18,20)(H,19,23). The van der Waals surface area contributed by atoms with Crippen molar-refractivity contribution in [3.05, 3.63) is 12.1 Å². The van der Waals surface area contributed by atoms with E-state index in [4.69, 9.17) is 5.73 Å². The lowest BCUT2D eigenvalue weighted by Gasteiger charge is -2.21. The molecule has 1 aliphatic rings. The number of nitrogens with one attached hydrogen (secondary N) is 3. The molecular weight excluding hydrogens is 296 g/mol. The van der Waals surface area contributed by atoms with Crippen molar-refractivity contribution in [1.82, 2.24) is 15.6 Å². The molecule has 126 valence electrons. The zero-order valence-corrected chi connectivity index (χ0v) is 13.7. The van der Waals surface area contributed by atoms with Crippen LogP contribution in [0.1, 0.15) is 27.2 Å². The van der Waals surface area contributed by atoms with Gasteiger partial charge in [0.1, 0.15) is 5.82 Å². The van der Waals surface area contributed by atoms with Crippen LogP contribution in [0.5, 0.6) is 0 Å². The Labute approximate surface area is 135 Å². The molecule has 2 amide bonds. The summed E-state index contributed by atoms with van der Waals surface area (Å²) in [6.45, 7) is 6.34. The fourth-order valence-electron chi connectivity index (χ4n) is 2.67. The third-order valence-corrected chi connectivity index (χ3v) is 3.60. The highest BCUT2D eigenvalue weighted by Crippen LogP contribution is 2.24. The molecule has 8 heteroatoms. The first-order valence-electron chi connectivity index (χ1n) is 7.67. The van der Waals surface area contributed by atoms with Gasteiger partial charge in [0, 0.05) is 33.0 Å². The largest absolute Gasteiger partial charge is 0.396 e. The molecule has 0 aromatic carbocycles. The average Bonchev–Trinajstić information content (AvgIpc) is 2.88. The van der Waals surface area contributed by atoms with Crippen LogP contribution in [0.25, 0.3) is 0 Å². The highest BCUT2D eigenvalue weighted by Gasteiger charge is 2.24. The van der Waals surface area contributed by atoms with Crippen LogP contribution in [0.15, 0.2) is 12.1 Å². The van der Waals surface area contributed by atoms with Gasteiger partial charge in [0.25, 0.3) is 0 Å². The number of aromatic nitrogens is 1. The molecule has 2 heterocycles. The van der Waals surface area contributed by atoms with Crippen molar-refractivity contribution in [2.75, 3.05) is 29.0 Å². The van der Waals surface area contributed by atoms with Crippen LogP contribution >= 0.6 is 0 Å². The Kier molecular flexibility index (Phi) is 5.25. The van der Waals surface area contributed by atoms with Gasteiger partial charge < -0.3 is 26.6 Å². The molecule has 2 unspecified atom stereocenters. The number of nitrogen functional groups attached to an aromatic ring is 1. The van der Waals surface area contributed by atoms with Crippen LogP contribution in [0, 0.1) is 0 Å². The first-order chi connectivity index (χ1) is 10.8. The first kappa shape index (κ1) is 16.9. The highest BCUT2D eigenvalue weighted by atomic mass is 16.2. The summed E-state index contributed by atoms with van der Waals surface area (Å²) >= 11 is 0. The van der Waals surface area contributed by atoms with Gasteiger partial charge in [-0.25, -0.2) is 4.98 Å². The molecule has 5 N–H and O–H groups in total. The van der Waals surface area contributed by atoms with Crippen LogP contribution in [-0.4, -0.2) is 42.1 Å². The van der Waals surface area contributed by atoms with E-state index in [-0.39, 0.29) is 24.0 Å². The van der Waals surface area contributed by atoms with E-state index in [1.807, 2.05) is 13.0 Å². The summed E-state index contributed by atoms with van der Waals surface area (Å²) in [6.07, 6.45) is 0.611. The maximum Gasteiger partial charge on any atom is 0.218 e. The van der Waals surface area contributed by atoms with Gasteiger partial charge in [-0.2, -0.15) is 0 Å². The second-order valence-corrected chi connectivity index (χ2v) is 5.81. The van der Waals surface area contributed by atoms with Gasteiger partial charge in [0.2, 0.25) is 11.8 Å². The summed E-state index contributed by atoms with van der Waals surface area (Å²) in [5.41, 5.74) is 6.46. The molecular formula is C15H24N6O2. The summed E-state index contributed by atoms with van der Waals surface area (Å²) in [7, 11) is 0. The zero-order valence-electron chi connectivity index (χ0n) is 13.7. The van der Waals surface area contributed by atoms with Crippen molar-refractivity contribution >= 4 is 29.1 Å². The number of pyridine rings is 1. The van der Waals surface area contributed by atoms with Crippen LogP contribution in [0.2, 0.25) is 0 Å². The predicted octanol–water partition coefficient (Wildman–Crippen LogP) is 0.273. The third kappa shape index (κ3) is 4.73. The Balaban J connectivity index is 2.05. The normalized spacial score (nSPS) is 18.4. The number of anilines is 3. The number of amides is 2. The lowest BCUT2D eigenvalue weighted by atomic mass is 10.2. The van der Waals surface area contributed by atoms with Crippen molar-refractivity contribution in [2.45, 2.75) is 39.4 Å². The van der Waals surface area contributed by atoms with Gasteiger partial charge in [-0.1, -0.05) is 0 Å². The lowest BCUT2D eigenvalue weighted by Crippen LogP contribution is -2.37. The van der Waals surface area contributed by atoms with E-state index in [0.29, 0.717) is 11.5 Å². The Bertz CT molecular complexity index is 591. The van der Waals surface area contributed by atoms with Gasteiger partial charge >= 0.3 is 0 Å². The number of hydrogen-bond donors (Lipinski definition) is 4. The number of nitrogens with two attached hydrogens (primary N) is 1. The number of carbonyl (C=O) groups is 2. The van der Waals surface area contributed by atoms with E-state index in [1.54, 1.807) is 6.07 Å². The smallest absolute Gasteiger partial charge is 0.218 e. The second-order valence-electron chi connectivity index (χ2n) is 5.81. The minimum atomic E-state index is -0.275. The van der Waals surface area contributed by atoms with Gasteiger partial charge in [-0.15, -0.1) is 0 Å². The molecule has 0 spiro atoms. The quantitative estimate of drug-likeness (QED) is 0.580. The molecule has 0 aliphatic carbocycles.